The van der Waals surface area contributed by atoms with Crippen LogP contribution in [0.15, 0.2) is 30.3 Å². The lowest BCUT2D eigenvalue weighted by molar-refractivity contribution is -0.203. The normalized spacial score (nSPS) is 26.0. The largest absolute Gasteiger partial charge is 0.393 e. The molecule has 2 rings (SSSR count). The Labute approximate surface area is 101 Å². The van der Waals surface area contributed by atoms with Crippen LogP contribution in [0.1, 0.15) is 12.0 Å². The van der Waals surface area contributed by atoms with Crippen LogP contribution in [-0.4, -0.2) is 36.0 Å². The van der Waals surface area contributed by atoms with Gasteiger partial charge in [0, 0.05) is 19.0 Å². The summed E-state index contributed by atoms with van der Waals surface area (Å²) in [7, 11) is 0. The molecule has 17 heavy (non-hydrogen) atoms. The van der Waals surface area contributed by atoms with Crippen molar-refractivity contribution in [3.05, 3.63) is 35.9 Å². The van der Waals surface area contributed by atoms with E-state index in [-0.39, 0.29) is 5.92 Å². The van der Waals surface area contributed by atoms with E-state index in [1.807, 2.05) is 30.3 Å². The fourth-order valence-corrected chi connectivity index (χ4v) is 2.00. The predicted molar refractivity (Wildman–Crippen MR) is 62.9 cm³/mol. The summed E-state index contributed by atoms with van der Waals surface area (Å²) < 4.78 is 12.6. The third kappa shape index (κ3) is 3.49. The van der Waals surface area contributed by atoms with Gasteiger partial charge in [0.2, 0.25) is 0 Å². The molecule has 1 heterocycles. The molecule has 3 nitrogen and oxygen atoms in total. The highest BCUT2D eigenvalue weighted by molar-refractivity contribution is 5.13. The zero-order chi connectivity index (χ0) is 12.1. The van der Waals surface area contributed by atoms with Crippen molar-refractivity contribution >= 4 is 0 Å². The smallest absolute Gasteiger partial charge is 0.0960 e. The van der Waals surface area contributed by atoms with Gasteiger partial charge in [-0.2, -0.15) is 5.06 Å². The molecule has 0 aromatic heterocycles. The standard InChI is InChI=1S/C13H18FNO2/c14-8-12-9-15(7-6-13(12)16)17-10-11-4-2-1-3-5-11/h1-5,12-13,16H,6-10H2. The minimum Gasteiger partial charge on any atom is -0.393 e. The van der Waals surface area contributed by atoms with Gasteiger partial charge in [-0.05, 0) is 12.0 Å². The topological polar surface area (TPSA) is 32.7 Å². The van der Waals surface area contributed by atoms with Crippen LogP contribution in [0.2, 0.25) is 0 Å². The molecule has 2 unspecified atom stereocenters. The SMILES string of the molecule is OC1CCN(OCc2ccccc2)CC1CF. The average molecular weight is 239 g/mol. The molecular weight excluding hydrogens is 221 g/mol. The van der Waals surface area contributed by atoms with Gasteiger partial charge in [-0.15, -0.1) is 0 Å². The van der Waals surface area contributed by atoms with Crippen molar-refractivity contribution in [2.24, 2.45) is 5.92 Å². The van der Waals surface area contributed by atoms with E-state index in [0.717, 1.165) is 5.56 Å². The molecule has 0 aliphatic carbocycles. The van der Waals surface area contributed by atoms with Crippen molar-refractivity contribution in [1.29, 1.82) is 0 Å². The Morgan fingerprint density at radius 1 is 1.35 bits per heavy atom. The third-order valence-electron chi connectivity index (χ3n) is 3.11. The number of nitrogens with zero attached hydrogens (tertiary/aromatic N) is 1. The fraction of sp³-hybridized carbons (Fsp3) is 0.538. The van der Waals surface area contributed by atoms with Gasteiger partial charge in [-0.3, -0.25) is 9.23 Å². The van der Waals surface area contributed by atoms with Crippen LogP contribution in [0.5, 0.6) is 0 Å². The van der Waals surface area contributed by atoms with Crippen LogP contribution in [0, 0.1) is 5.92 Å². The molecule has 1 aromatic carbocycles. The van der Waals surface area contributed by atoms with E-state index >= 15 is 0 Å². The molecule has 1 saturated heterocycles. The Balaban J connectivity index is 1.80. The van der Waals surface area contributed by atoms with Gasteiger partial charge < -0.3 is 5.11 Å². The molecule has 4 heteroatoms. The Morgan fingerprint density at radius 3 is 2.82 bits per heavy atom. The number of aliphatic hydroxyl groups is 1. The maximum absolute atomic E-state index is 12.6. The number of hydrogen-bond acceptors (Lipinski definition) is 3. The van der Waals surface area contributed by atoms with E-state index in [0.29, 0.717) is 26.1 Å². The van der Waals surface area contributed by atoms with Crippen molar-refractivity contribution < 1.29 is 14.3 Å². The minimum atomic E-state index is -0.531. The molecule has 1 aromatic rings. The zero-order valence-electron chi connectivity index (χ0n) is 9.76. The number of halogens is 1. The summed E-state index contributed by atoms with van der Waals surface area (Å²) in [5.41, 5.74) is 1.09. The minimum absolute atomic E-state index is 0.320. The van der Waals surface area contributed by atoms with Crippen molar-refractivity contribution in [3.8, 4) is 0 Å². The second kappa shape index (κ2) is 6.10. The highest BCUT2D eigenvalue weighted by atomic mass is 19.1. The summed E-state index contributed by atoms with van der Waals surface area (Å²) in [5, 5.41) is 11.3. The van der Waals surface area contributed by atoms with E-state index in [2.05, 4.69) is 0 Å². The van der Waals surface area contributed by atoms with E-state index in [4.69, 9.17) is 4.84 Å². The lowest BCUT2D eigenvalue weighted by atomic mass is 9.97. The lowest BCUT2D eigenvalue weighted by Crippen LogP contribution is -2.43. The van der Waals surface area contributed by atoms with E-state index in [1.54, 1.807) is 5.06 Å². The summed E-state index contributed by atoms with van der Waals surface area (Å²) >= 11 is 0. The molecule has 0 bridgehead atoms. The molecule has 94 valence electrons. The first kappa shape index (κ1) is 12.5. The van der Waals surface area contributed by atoms with Gasteiger partial charge in [-0.25, -0.2) is 0 Å². The lowest BCUT2D eigenvalue weighted by Gasteiger charge is -2.33. The summed E-state index contributed by atoms with van der Waals surface area (Å²) in [6.45, 7) is 1.12. The Kier molecular flexibility index (Phi) is 4.48. The van der Waals surface area contributed by atoms with Crippen molar-refractivity contribution in [2.45, 2.75) is 19.1 Å². The molecule has 0 saturated carbocycles. The number of alkyl halides is 1. The highest BCUT2D eigenvalue weighted by Crippen LogP contribution is 2.18. The summed E-state index contributed by atoms with van der Waals surface area (Å²) in [4.78, 5) is 5.60. The van der Waals surface area contributed by atoms with E-state index in [1.165, 1.54) is 0 Å². The van der Waals surface area contributed by atoms with Gasteiger partial charge in [0.25, 0.3) is 0 Å². The first-order chi connectivity index (χ1) is 8.29. The molecule has 0 spiro atoms. The number of rotatable bonds is 4. The number of benzene rings is 1. The van der Waals surface area contributed by atoms with Crippen molar-refractivity contribution in [1.82, 2.24) is 5.06 Å². The highest BCUT2D eigenvalue weighted by Gasteiger charge is 2.28. The number of aliphatic hydroxyl groups excluding tert-OH is 1. The van der Waals surface area contributed by atoms with Crippen LogP contribution >= 0.6 is 0 Å². The van der Waals surface area contributed by atoms with Crippen LogP contribution in [-0.2, 0) is 11.4 Å². The number of hydrogen-bond donors (Lipinski definition) is 1. The van der Waals surface area contributed by atoms with E-state index < -0.39 is 12.8 Å². The second-order valence-corrected chi connectivity index (χ2v) is 4.42. The summed E-state index contributed by atoms with van der Waals surface area (Å²) in [6, 6.07) is 9.86. The Hall–Kier alpha value is -0.970. The van der Waals surface area contributed by atoms with E-state index in [9.17, 15) is 9.50 Å². The number of hydroxylamine groups is 2. The summed E-state index contributed by atoms with van der Waals surface area (Å²) in [6.07, 6.45) is 0.0418. The molecule has 1 aliphatic heterocycles. The van der Waals surface area contributed by atoms with Gasteiger partial charge in [0.15, 0.2) is 0 Å². The molecule has 2 atom stereocenters. The molecule has 0 radical (unpaired) electrons. The maximum Gasteiger partial charge on any atom is 0.0960 e. The molecule has 1 aliphatic rings. The van der Waals surface area contributed by atoms with Crippen molar-refractivity contribution in [3.63, 3.8) is 0 Å². The fourth-order valence-electron chi connectivity index (χ4n) is 2.00. The Morgan fingerprint density at radius 2 is 2.12 bits per heavy atom. The third-order valence-corrected chi connectivity index (χ3v) is 3.11. The van der Waals surface area contributed by atoms with Crippen LogP contribution in [0.4, 0.5) is 4.39 Å². The van der Waals surface area contributed by atoms with Gasteiger partial charge in [-0.1, -0.05) is 30.3 Å². The maximum atomic E-state index is 12.6. The Bertz CT molecular complexity index is 333. The van der Waals surface area contributed by atoms with Crippen LogP contribution in [0.3, 0.4) is 0 Å². The van der Waals surface area contributed by atoms with Gasteiger partial charge in [0.05, 0.1) is 19.4 Å². The van der Waals surface area contributed by atoms with Crippen molar-refractivity contribution in [2.75, 3.05) is 19.8 Å². The molecule has 1 fully saturated rings. The van der Waals surface area contributed by atoms with Crippen LogP contribution < -0.4 is 0 Å². The second-order valence-electron chi connectivity index (χ2n) is 4.42. The molecule has 0 amide bonds. The summed E-state index contributed by atoms with van der Waals surface area (Å²) in [5.74, 6) is -0.320. The first-order valence-corrected chi connectivity index (χ1v) is 5.95. The van der Waals surface area contributed by atoms with Gasteiger partial charge in [0.1, 0.15) is 0 Å². The molecule has 1 N–H and O–H groups in total. The predicted octanol–water partition coefficient (Wildman–Crippen LogP) is 1.77. The first-order valence-electron chi connectivity index (χ1n) is 5.95. The average Bonchev–Trinajstić information content (AvgIpc) is 2.39. The number of piperidine rings is 1. The quantitative estimate of drug-likeness (QED) is 0.869. The molecular formula is C13H18FNO2. The zero-order valence-corrected chi connectivity index (χ0v) is 9.76. The van der Waals surface area contributed by atoms with Crippen LogP contribution in [0.25, 0.3) is 0 Å². The van der Waals surface area contributed by atoms with Gasteiger partial charge >= 0.3 is 0 Å². The monoisotopic (exact) mass is 239 g/mol.